The number of carbonyl (C=O) groups is 1. The van der Waals surface area contributed by atoms with Gasteiger partial charge in [-0.15, -0.1) is 0 Å². The quantitative estimate of drug-likeness (QED) is 0.583. The van der Waals surface area contributed by atoms with Crippen molar-refractivity contribution in [3.8, 4) is 5.75 Å². The van der Waals surface area contributed by atoms with Gasteiger partial charge in [-0.25, -0.2) is 4.98 Å². The molecule has 1 heterocycles. The van der Waals surface area contributed by atoms with E-state index in [0.717, 1.165) is 0 Å². The summed E-state index contributed by atoms with van der Waals surface area (Å²) in [5.41, 5.74) is 0.295. The van der Waals surface area contributed by atoms with E-state index < -0.39 is 0 Å². The molecule has 0 aliphatic heterocycles. The minimum absolute atomic E-state index is 0.0485. The molecule has 0 saturated heterocycles. The van der Waals surface area contributed by atoms with Gasteiger partial charge in [-0.1, -0.05) is 0 Å². The Balaban J connectivity index is 2.35. The summed E-state index contributed by atoms with van der Waals surface area (Å²) in [6, 6.07) is 3.39. The molecule has 0 saturated carbocycles. The number of hydrogen-bond donors (Lipinski definition) is 0. The number of ketones is 1. The Bertz CT molecular complexity index is 365. The summed E-state index contributed by atoms with van der Waals surface area (Å²) in [5, 5.41) is 0. The smallest absolute Gasteiger partial charge is 0.178 e. The van der Waals surface area contributed by atoms with E-state index in [-0.39, 0.29) is 11.4 Å². The van der Waals surface area contributed by atoms with Crippen molar-refractivity contribution in [2.45, 2.75) is 33.3 Å². The molecule has 0 amide bonds. The fourth-order valence-corrected chi connectivity index (χ4v) is 1.18. The van der Waals surface area contributed by atoms with E-state index >= 15 is 0 Å². The summed E-state index contributed by atoms with van der Waals surface area (Å²) < 4.78 is 11.0. The van der Waals surface area contributed by atoms with Gasteiger partial charge in [0.15, 0.2) is 5.78 Å². The minimum Gasteiger partial charge on any atom is -0.490 e. The number of nitrogens with zero attached hydrogens (tertiary/aromatic N) is 1. The number of Topliss-reactive ketones (excluding diaryl/α,β-unsaturated/α-hetero) is 1. The normalized spacial score (nSPS) is 11.3. The predicted molar refractivity (Wildman–Crippen MR) is 65.4 cm³/mol. The molecule has 0 aliphatic rings. The first-order valence-corrected chi connectivity index (χ1v) is 5.62. The van der Waals surface area contributed by atoms with Crippen molar-refractivity contribution in [2.75, 3.05) is 13.2 Å². The van der Waals surface area contributed by atoms with Crippen LogP contribution in [0.15, 0.2) is 18.3 Å². The van der Waals surface area contributed by atoms with Crippen molar-refractivity contribution in [2.24, 2.45) is 0 Å². The second kappa shape index (κ2) is 5.77. The summed E-state index contributed by atoms with van der Waals surface area (Å²) in [6.07, 6.45) is 1.55. The first-order chi connectivity index (χ1) is 7.88. The lowest BCUT2D eigenvalue weighted by Gasteiger charge is -2.19. The average molecular weight is 237 g/mol. The Kier molecular flexibility index (Phi) is 4.63. The largest absolute Gasteiger partial charge is 0.490 e. The fraction of sp³-hybridized carbons (Fsp3) is 0.538. The Hall–Kier alpha value is -1.42. The Labute approximate surface area is 102 Å². The molecule has 17 heavy (non-hydrogen) atoms. The zero-order chi connectivity index (χ0) is 12.9. The molecule has 0 N–H and O–H groups in total. The summed E-state index contributed by atoms with van der Waals surface area (Å²) >= 11 is 0. The van der Waals surface area contributed by atoms with Crippen LogP contribution in [0, 0.1) is 0 Å². The first-order valence-electron chi connectivity index (χ1n) is 5.62. The average Bonchev–Trinajstić information content (AvgIpc) is 2.24. The minimum atomic E-state index is -0.153. The Morgan fingerprint density at radius 1 is 1.29 bits per heavy atom. The molecule has 0 bridgehead atoms. The van der Waals surface area contributed by atoms with Crippen molar-refractivity contribution < 1.29 is 14.3 Å². The van der Waals surface area contributed by atoms with Gasteiger partial charge in [0.2, 0.25) is 0 Å². The van der Waals surface area contributed by atoms with Gasteiger partial charge >= 0.3 is 0 Å². The molecule has 1 aromatic rings. The molecule has 4 nitrogen and oxygen atoms in total. The highest BCUT2D eigenvalue weighted by atomic mass is 16.5. The highest BCUT2D eigenvalue weighted by molar-refractivity contribution is 5.92. The standard InChI is InChI=1S/C13H19NO3/c1-10(15)12-6-5-11(9-14-12)16-7-8-17-13(2,3)4/h5-6,9H,7-8H2,1-4H3. The van der Waals surface area contributed by atoms with Crippen LogP contribution in [0.25, 0.3) is 0 Å². The van der Waals surface area contributed by atoms with Crippen LogP contribution >= 0.6 is 0 Å². The second-order valence-electron chi connectivity index (χ2n) is 4.74. The second-order valence-corrected chi connectivity index (χ2v) is 4.74. The van der Waals surface area contributed by atoms with Crippen LogP contribution in [0.5, 0.6) is 5.75 Å². The van der Waals surface area contributed by atoms with Crippen LogP contribution in [0.4, 0.5) is 0 Å². The predicted octanol–water partition coefficient (Wildman–Crippen LogP) is 2.48. The molecule has 0 unspecified atom stereocenters. The van der Waals surface area contributed by atoms with Gasteiger partial charge in [-0.05, 0) is 32.9 Å². The van der Waals surface area contributed by atoms with Crippen LogP contribution in [0.1, 0.15) is 38.2 Å². The monoisotopic (exact) mass is 237 g/mol. The molecule has 1 rings (SSSR count). The van der Waals surface area contributed by atoms with Crippen molar-refractivity contribution >= 4 is 5.78 Å². The molecule has 0 radical (unpaired) electrons. The van der Waals surface area contributed by atoms with Crippen LogP contribution in [0.3, 0.4) is 0 Å². The molecule has 0 aromatic carbocycles. The van der Waals surface area contributed by atoms with E-state index in [4.69, 9.17) is 9.47 Å². The van der Waals surface area contributed by atoms with E-state index in [9.17, 15) is 4.79 Å². The van der Waals surface area contributed by atoms with Gasteiger partial charge in [0.1, 0.15) is 18.1 Å². The van der Waals surface area contributed by atoms with Gasteiger partial charge in [0.25, 0.3) is 0 Å². The Morgan fingerprint density at radius 2 is 2.00 bits per heavy atom. The van der Waals surface area contributed by atoms with Gasteiger partial charge in [0.05, 0.1) is 18.4 Å². The SMILES string of the molecule is CC(=O)c1ccc(OCCOC(C)(C)C)cn1. The maximum absolute atomic E-state index is 11.0. The van der Waals surface area contributed by atoms with Gasteiger partial charge in [0, 0.05) is 6.92 Å². The Morgan fingerprint density at radius 3 is 2.47 bits per heavy atom. The third-order valence-corrected chi connectivity index (χ3v) is 1.98. The third kappa shape index (κ3) is 5.45. The van der Waals surface area contributed by atoms with Crippen molar-refractivity contribution in [3.05, 3.63) is 24.0 Å². The van der Waals surface area contributed by atoms with Gasteiger partial charge < -0.3 is 9.47 Å². The topological polar surface area (TPSA) is 48.4 Å². The summed E-state index contributed by atoms with van der Waals surface area (Å²) in [5.74, 6) is 0.597. The molecule has 0 atom stereocenters. The van der Waals surface area contributed by atoms with E-state index in [1.807, 2.05) is 20.8 Å². The van der Waals surface area contributed by atoms with Crippen LogP contribution < -0.4 is 4.74 Å². The van der Waals surface area contributed by atoms with Crippen LogP contribution in [-0.2, 0) is 4.74 Å². The lowest BCUT2D eigenvalue weighted by atomic mass is 10.2. The van der Waals surface area contributed by atoms with Crippen LogP contribution in [-0.4, -0.2) is 29.6 Å². The molecule has 1 aromatic heterocycles. The van der Waals surface area contributed by atoms with Gasteiger partial charge in [-0.2, -0.15) is 0 Å². The van der Waals surface area contributed by atoms with E-state index in [1.165, 1.54) is 6.92 Å². The highest BCUT2D eigenvalue weighted by Gasteiger charge is 2.09. The van der Waals surface area contributed by atoms with E-state index in [1.54, 1.807) is 18.3 Å². The number of carbonyl (C=O) groups excluding carboxylic acids is 1. The van der Waals surface area contributed by atoms with E-state index in [0.29, 0.717) is 24.7 Å². The van der Waals surface area contributed by atoms with E-state index in [2.05, 4.69) is 4.98 Å². The summed E-state index contributed by atoms with van der Waals surface area (Å²) in [7, 11) is 0. The number of hydrogen-bond acceptors (Lipinski definition) is 4. The molecule has 0 fully saturated rings. The zero-order valence-corrected chi connectivity index (χ0v) is 10.8. The van der Waals surface area contributed by atoms with Crippen molar-refractivity contribution in [3.63, 3.8) is 0 Å². The molecular formula is C13H19NO3. The van der Waals surface area contributed by atoms with Crippen molar-refractivity contribution in [1.82, 2.24) is 4.98 Å². The molecule has 0 aliphatic carbocycles. The number of pyridine rings is 1. The van der Waals surface area contributed by atoms with Gasteiger partial charge in [-0.3, -0.25) is 4.79 Å². The molecule has 94 valence electrons. The molecular weight excluding hydrogens is 218 g/mol. The molecule has 0 spiro atoms. The first kappa shape index (κ1) is 13.6. The zero-order valence-electron chi connectivity index (χ0n) is 10.8. The lowest BCUT2D eigenvalue weighted by molar-refractivity contribution is -0.0163. The molecule has 4 heteroatoms. The lowest BCUT2D eigenvalue weighted by Crippen LogP contribution is -2.22. The number of rotatable bonds is 5. The maximum atomic E-state index is 11.0. The fourth-order valence-electron chi connectivity index (χ4n) is 1.18. The number of aromatic nitrogens is 1. The maximum Gasteiger partial charge on any atom is 0.178 e. The number of ether oxygens (including phenoxy) is 2. The van der Waals surface area contributed by atoms with Crippen molar-refractivity contribution in [1.29, 1.82) is 0 Å². The van der Waals surface area contributed by atoms with Crippen LogP contribution in [0.2, 0.25) is 0 Å². The third-order valence-electron chi connectivity index (χ3n) is 1.98. The highest BCUT2D eigenvalue weighted by Crippen LogP contribution is 2.10. The summed E-state index contributed by atoms with van der Waals surface area (Å²) in [4.78, 5) is 15.0. The summed E-state index contributed by atoms with van der Waals surface area (Å²) in [6.45, 7) is 8.47.